The number of ketones is 1. The minimum Gasteiger partial charge on any atom is -0.319 e. The fourth-order valence-corrected chi connectivity index (χ4v) is 1.47. The highest BCUT2D eigenvalue weighted by atomic mass is 35.5. The van der Waals surface area contributed by atoms with Gasteiger partial charge in [0.15, 0.2) is 5.78 Å². The number of carbonyl (C=O) groups excluding carboxylic acids is 1. The molecule has 1 aromatic rings. The van der Waals surface area contributed by atoms with E-state index in [1.54, 1.807) is 24.3 Å². The van der Waals surface area contributed by atoms with E-state index in [0.717, 1.165) is 12.8 Å². The fraction of sp³-hybridized carbons (Fsp3) is 0.300. The second-order valence-corrected chi connectivity index (χ2v) is 3.93. The molecule has 0 atom stereocenters. The van der Waals surface area contributed by atoms with Crippen molar-refractivity contribution in [2.75, 3.05) is 0 Å². The molecule has 68 valence electrons. The van der Waals surface area contributed by atoms with Crippen molar-refractivity contribution in [2.45, 2.75) is 18.4 Å². The van der Waals surface area contributed by atoms with Gasteiger partial charge in [-0.1, -0.05) is 23.7 Å². The summed E-state index contributed by atoms with van der Waals surface area (Å²) in [6.45, 7) is 0. The number of rotatable bonds is 2. The van der Waals surface area contributed by atoms with Gasteiger partial charge in [-0.25, -0.2) is 0 Å². The summed E-state index contributed by atoms with van der Waals surface area (Å²) < 4.78 is 0. The van der Waals surface area contributed by atoms with Gasteiger partial charge in [0, 0.05) is 10.6 Å². The largest absolute Gasteiger partial charge is 0.319 e. The molecular formula is C10H10ClNO. The molecule has 0 spiro atoms. The summed E-state index contributed by atoms with van der Waals surface area (Å²) in [6, 6.07) is 6.92. The van der Waals surface area contributed by atoms with Gasteiger partial charge in [-0.15, -0.1) is 0 Å². The van der Waals surface area contributed by atoms with E-state index in [1.165, 1.54) is 0 Å². The number of nitrogens with two attached hydrogens (primary N) is 1. The molecule has 2 rings (SSSR count). The first-order valence-electron chi connectivity index (χ1n) is 4.21. The normalized spacial score (nSPS) is 18.3. The molecule has 2 nitrogen and oxygen atoms in total. The lowest BCUT2D eigenvalue weighted by molar-refractivity contribution is 0.0949. The van der Waals surface area contributed by atoms with Gasteiger partial charge in [0.05, 0.1) is 5.54 Å². The molecule has 1 aromatic carbocycles. The van der Waals surface area contributed by atoms with Gasteiger partial charge >= 0.3 is 0 Å². The van der Waals surface area contributed by atoms with Crippen LogP contribution in [0.1, 0.15) is 23.2 Å². The molecule has 1 aliphatic rings. The summed E-state index contributed by atoms with van der Waals surface area (Å²) in [4.78, 5) is 11.7. The zero-order chi connectivity index (χ0) is 9.47. The lowest BCUT2D eigenvalue weighted by Crippen LogP contribution is -2.32. The first kappa shape index (κ1) is 8.73. The van der Waals surface area contributed by atoms with Gasteiger partial charge in [0.25, 0.3) is 0 Å². The van der Waals surface area contributed by atoms with Crippen molar-refractivity contribution >= 4 is 17.4 Å². The molecule has 0 bridgehead atoms. The Morgan fingerprint density at radius 3 is 2.69 bits per heavy atom. The second kappa shape index (κ2) is 2.82. The molecular weight excluding hydrogens is 186 g/mol. The lowest BCUT2D eigenvalue weighted by Gasteiger charge is -2.06. The maximum atomic E-state index is 11.7. The second-order valence-electron chi connectivity index (χ2n) is 3.50. The summed E-state index contributed by atoms with van der Waals surface area (Å²) >= 11 is 5.77. The van der Waals surface area contributed by atoms with Crippen molar-refractivity contribution in [3.63, 3.8) is 0 Å². The minimum absolute atomic E-state index is 0.00926. The van der Waals surface area contributed by atoms with Crippen molar-refractivity contribution in [1.29, 1.82) is 0 Å². The van der Waals surface area contributed by atoms with Gasteiger partial charge < -0.3 is 5.73 Å². The predicted molar refractivity (Wildman–Crippen MR) is 51.9 cm³/mol. The van der Waals surface area contributed by atoms with Gasteiger partial charge in [-0.3, -0.25) is 4.79 Å². The van der Waals surface area contributed by atoms with E-state index in [1.807, 2.05) is 0 Å². The van der Waals surface area contributed by atoms with E-state index < -0.39 is 5.54 Å². The molecule has 0 amide bonds. The van der Waals surface area contributed by atoms with Gasteiger partial charge in [-0.05, 0) is 25.0 Å². The molecule has 1 saturated carbocycles. The monoisotopic (exact) mass is 195 g/mol. The maximum Gasteiger partial charge on any atom is 0.182 e. The van der Waals surface area contributed by atoms with E-state index in [0.29, 0.717) is 10.6 Å². The van der Waals surface area contributed by atoms with Crippen LogP contribution in [0.5, 0.6) is 0 Å². The van der Waals surface area contributed by atoms with E-state index in [-0.39, 0.29) is 5.78 Å². The lowest BCUT2D eigenvalue weighted by atomic mass is 10.0. The Morgan fingerprint density at radius 2 is 2.15 bits per heavy atom. The van der Waals surface area contributed by atoms with Crippen molar-refractivity contribution in [3.8, 4) is 0 Å². The first-order valence-corrected chi connectivity index (χ1v) is 4.59. The summed E-state index contributed by atoms with van der Waals surface area (Å²) in [6.07, 6.45) is 1.58. The standard InChI is InChI=1S/C10H10ClNO/c11-8-3-1-2-7(6-8)9(13)10(12)4-5-10/h1-3,6H,4-5,12H2. The van der Waals surface area contributed by atoms with Crippen molar-refractivity contribution in [3.05, 3.63) is 34.9 Å². The highest BCUT2D eigenvalue weighted by Crippen LogP contribution is 2.35. The van der Waals surface area contributed by atoms with Crippen LogP contribution >= 0.6 is 11.6 Å². The summed E-state index contributed by atoms with van der Waals surface area (Å²) in [5.41, 5.74) is 5.81. The average molecular weight is 196 g/mol. The Bertz CT molecular complexity index is 358. The molecule has 0 unspecified atom stereocenters. The van der Waals surface area contributed by atoms with Crippen molar-refractivity contribution in [1.82, 2.24) is 0 Å². The highest BCUT2D eigenvalue weighted by molar-refractivity contribution is 6.31. The van der Waals surface area contributed by atoms with Gasteiger partial charge in [0.1, 0.15) is 0 Å². The molecule has 2 N–H and O–H groups in total. The number of carbonyl (C=O) groups is 1. The van der Waals surface area contributed by atoms with Crippen LogP contribution in [0, 0.1) is 0 Å². The van der Waals surface area contributed by atoms with Crippen LogP contribution in [0.3, 0.4) is 0 Å². The van der Waals surface area contributed by atoms with E-state index in [4.69, 9.17) is 17.3 Å². The third-order valence-electron chi connectivity index (χ3n) is 2.33. The quantitative estimate of drug-likeness (QED) is 0.734. The molecule has 1 fully saturated rings. The van der Waals surface area contributed by atoms with E-state index >= 15 is 0 Å². The van der Waals surface area contributed by atoms with Crippen LogP contribution in [-0.2, 0) is 0 Å². The van der Waals surface area contributed by atoms with E-state index in [9.17, 15) is 4.79 Å². The predicted octanol–water partition coefficient (Wildman–Crippen LogP) is 2.01. The van der Waals surface area contributed by atoms with Crippen LogP contribution < -0.4 is 5.73 Å². The highest BCUT2D eigenvalue weighted by Gasteiger charge is 2.45. The molecule has 1 aliphatic carbocycles. The minimum atomic E-state index is -0.593. The molecule has 3 heteroatoms. The Hall–Kier alpha value is -0.860. The number of Topliss-reactive ketones (excluding diaryl/α,β-unsaturated/α-hetero) is 1. The number of benzene rings is 1. The van der Waals surface area contributed by atoms with Crippen LogP contribution in [0.15, 0.2) is 24.3 Å². The Morgan fingerprint density at radius 1 is 1.46 bits per heavy atom. The van der Waals surface area contributed by atoms with Crippen LogP contribution in [0.4, 0.5) is 0 Å². The number of halogens is 1. The third kappa shape index (κ3) is 1.60. The third-order valence-corrected chi connectivity index (χ3v) is 2.56. The Kier molecular flexibility index (Phi) is 1.90. The first-order chi connectivity index (χ1) is 6.12. The smallest absolute Gasteiger partial charge is 0.182 e. The molecule has 0 radical (unpaired) electrons. The molecule has 0 aromatic heterocycles. The summed E-state index contributed by atoms with van der Waals surface area (Å²) in [5.74, 6) is 0.00926. The van der Waals surface area contributed by atoms with Crippen LogP contribution in [-0.4, -0.2) is 11.3 Å². The van der Waals surface area contributed by atoms with Gasteiger partial charge in [-0.2, -0.15) is 0 Å². The molecule has 0 saturated heterocycles. The SMILES string of the molecule is NC1(C(=O)c2cccc(Cl)c2)CC1. The zero-order valence-electron chi connectivity index (χ0n) is 7.09. The van der Waals surface area contributed by atoms with E-state index in [2.05, 4.69) is 0 Å². The van der Waals surface area contributed by atoms with Gasteiger partial charge in [0.2, 0.25) is 0 Å². The topological polar surface area (TPSA) is 43.1 Å². The zero-order valence-corrected chi connectivity index (χ0v) is 7.84. The van der Waals surface area contributed by atoms with Crippen LogP contribution in [0.2, 0.25) is 5.02 Å². The van der Waals surface area contributed by atoms with Crippen molar-refractivity contribution < 1.29 is 4.79 Å². The number of hydrogen-bond acceptors (Lipinski definition) is 2. The van der Waals surface area contributed by atoms with Crippen LogP contribution in [0.25, 0.3) is 0 Å². The maximum absolute atomic E-state index is 11.7. The Balaban J connectivity index is 2.30. The van der Waals surface area contributed by atoms with Crippen molar-refractivity contribution in [2.24, 2.45) is 5.73 Å². The summed E-state index contributed by atoms with van der Waals surface area (Å²) in [7, 11) is 0. The average Bonchev–Trinajstić information content (AvgIpc) is 2.84. The fourth-order valence-electron chi connectivity index (χ4n) is 1.28. The number of hydrogen-bond donors (Lipinski definition) is 1. The Labute approximate surface area is 81.7 Å². The molecule has 0 aliphatic heterocycles. The molecule has 0 heterocycles. The molecule has 13 heavy (non-hydrogen) atoms. The summed E-state index contributed by atoms with van der Waals surface area (Å²) in [5, 5.41) is 0.579.